The molecule has 0 saturated carbocycles. The van der Waals surface area contributed by atoms with Crippen LogP contribution in [0, 0.1) is 11.8 Å². The Kier molecular flexibility index (Phi) is 7.76. The van der Waals surface area contributed by atoms with Crippen molar-refractivity contribution in [1.29, 1.82) is 0 Å². The Morgan fingerprint density at radius 1 is 1.26 bits per heavy atom. The van der Waals surface area contributed by atoms with E-state index in [-0.39, 0.29) is 13.2 Å². The first-order valence-corrected chi connectivity index (χ1v) is 7.52. The highest BCUT2D eigenvalue weighted by Gasteiger charge is 2.10. The van der Waals surface area contributed by atoms with E-state index in [0.717, 1.165) is 24.4 Å². The summed E-state index contributed by atoms with van der Waals surface area (Å²) in [4.78, 5) is 4.70. The molecule has 3 nitrogen and oxygen atoms in total. The quantitative estimate of drug-likeness (QED) is 0.752. The number of hydrogen-bond acceptors (Lipinski definition) is 4. The summed E-state index contributed by atoms with van der Waals surface area (Å²) in [6, 6.07) is 4.62. The fourth-order valence-electron chi connectivity index (χ4n) is 1.73. The lowest BCUT2D eigenvalue weighted by molar-refractivity contribution is 0.186. The van der Waals surface area contributed by atoms with E-state index in [0.29, 0.717) is 12.5 Å². The van der Waals surface area contributed by atoms with Crippen LogP contribution in [0.1, 0.15) is 36.4 Å². The van der Waals surface area contributed by atoms with E-state index in [2.05, 4.69) is 36.7 Å². The molecule has 1 heterocycles. The van der Waals surface area contributed by atoms with Crippen LogP contribution >= 0.6 is 11.3 Å². The normalized spacial score (nSPS) is 10.8. The lowest BCUT2D eigenvalue weighted by Gasteiger charge is -2.25. The van der Waals surface area contributed by atoms with Gasteiger partial charge in [-0.05, 0) is 32.4 Å². The highest BCUT2D eigenvalue weighted by Crippen LogP contribution is 2.18. The van der Waals surface area contributed by atoms with Gasteiger partial charge in [0, 0.05) is 37.0 Å². The molecule has 0 amide bonds. The van der Waals surface area contributed by atoms with Crippen LogP contribution in [0.4, 0.5) is 0 Å². The van der Waals surface area contributed by atoms with Gasteiger partial charge in [0.1, 0.15) is 0 Å². The molecule has 4 heteroatoms. The van der Waals surface area contributed by atoms with Crippen LogP contribution in [0.5, 0.6) is 0 Å². The van der Waals surface area contributed by atoms with Crippen molar-refractivity contribution in [3.05, 3.63) is 21.9 Å². The van der Waals surface area contributed by atoms with Crippen molar-refractivity contribution in [3.8, 4) is 11.8 Å². The molecular formula is C15H23NO2S. The van der Waals surface area contributed by atoms with Crippen LogP contribution in [-0.4, -0.2) is 40.9 Å². The minimum Gasteiger partial charge on any atom is -0.396 e. The molecule has 0 spiro atoms. The number of aliphatic hydroxyl groups is 2. The topological polar surface area (TPSA) is 43.7 Å². The Morgan fingerprint density at radius 2 is 2.05 bits per heavy atom. The minimum absolute atomic E-state index is 0.119. The van der Waals surface area contributed by atoms with Crippen molar-refractivity contribution in [2.24, 2.45) is 0 Å². The molecule has 0 atom stereocenters. The third-order valence-electron chi connectivity index (χ3n) is 2.80. The van der Waals surface area contributed by atoms with E-state index in [1.165, 1.54) is 4.88 Å². The molecule has 19 heavy (non-hydrogen) atoms. The predicted molar refractivity (Wildman–Crippen MR) is 80.1 cm³/mol. The maximum atomic E-state index is 8.92. The van der Waals surface area contributed by atoms with Crippen molar-refractivity contribution in [1.82, 2.24) is 4.90 Å². The number of rotatable bonds is 7. The van der Waals surface area contributed by atoms with Gasteiger partial charge in [-0.1, -0.05) is 11.8 Å². The highest BCUT2D eigenvalue weighted by atomic mass is 32.1. The van der Waals surface area contributed by atoms with Crippen molar-refractivity contribution < 1.29 is 10.2 Å². The molecule has 0 aliphatic carbocycles. The van der Waals surface area contributed by atoms with Crippen molar-refractivity contribution in [2.45, 2.75) is 39.3 Å². The molecule has 106 valence electrons. The lowest BCUT2D eigenvalue weighted by atomic mass is 10.2. The summed E-state index contributed by atoms with van der Waals surface area (Å²) in [5.41, 5.74) is 0. The molecule has 1 aromatic rings. The summed E-state index contributed by atoms with van der Waals surface area (Å²) in [7, 11) is 0. The Hall–Kier alpha value is -0.860. The Balaban J connectivity index is 2.58. The fourth-order valence-corrected chi connectivity index (χ4v) is 2.64. The van der Waals surface area contributed by atoms with E-state index in [1.807, 2.05) is 6.07 Å². The Bertz CT molecular complexity index is 417. The van der Waals surface area contributed by atoms with Gasteiger partial charge in [-0.2, -0.15) is 0 Å². The van der Waals surface area contributed by atoms with Crippen molar-refractivity contribution in [3.63, 3.8) is 0 Å². The van der Waals surface area contributed by atoms with Gasteiger partial charge < -0.3 is 10.2 Å². The second-order valence-corrected chi connectivity index (χ2v) is 5.85. The van der Waals surface area contributed by atoms with Gasteiger partial charge in [0.05, 0.1) is 11.5 Å². The van der Waals surface area contributed by atoms with Crippen molar-refractivity contribution in [2.75, 3.05) is 19.8 Å². The number of thiophene rings is 1. The molecule has 0 radical (unpaired) electrons. The standard InChI is InChI=1S/C15H23NO2S/c1-13(2)16(9-5-11-18)12-15-8-7-14(19-15)6-3-4-10-17/h7-8,13,17-18H,4-5,9-12H2,1-2H3. The molecule has 1 rings (SSSR count). The average molecular weight is 281 g/mol. The van der Waals surface area contributed by atoms with Crippen LogP contribution in [-0.2, 0) is 6.54 Å². The van der Waals surface area contributed by atoms with Crippen molar-refractivity contribution >= 4 is 11.3 Å². The smallest absolute Gasteiger partial charge is 0.0771 e. The summed E-state index contributed by atoms with van der Waals surface area (Å²) in [6.45, 7) is 6.53. The molecule has 0 aliphatic rings. The van der Waals surface area contributed by atoms with E-state index >= 15 is 0 Å². The molecule has 0 bridgehead atoms. The van der Waals surface area contributed by atoms with Crippen LogP contribution < -0.4 is 0 Å². The molecule has 0 aliphatic heterocycles. The highest BCUT2D eigenvalue weighted by molar-refractivity contribution is 7.12. The summed E-state index contributed by atoms with van der Waals surface area (Å²) in [6.07, 6.45) is 1.34. The van der Waals surface area contributed by atoms with E-state index in [9.17, 15) is 0 Å². The number of aliphatic hydroxyl groups excluding tert-OH is 2. The van der Waals surface area contributed by atoms with Gasteiger partial charge in [0.15, 0.2) is 0 Å². The number of nitrogens with zero attached hydrogens (tertiary/aromatic N) is 1. The van der Waals surface area contributed by atoms with Gasteiger partial charge in [-0.25, -0.2) is 0 Å². The second-order valence-electron chi connectivity index (χ2n) is 4.68. The molecule has 0 unspecified atom stereocenters. The van der Waals surface area contributed by atoms with E-state index in [1.54, 1.807) is 11.3 Å². The van der Waals surface area contributed by atoms with Crippen LogP contribution in [0.2, 0.25) is 0 Å². The monoisotopic (exact) mass is 281 g/mol. The summed E-state index contributed by atoms with van der Waals surface area (Å²) >= 11 is 1.70. The number of hydrogen-bond donors (Lipinski definition) is 2. The maximum absolute atomic E-state index is 8.92. The first kappa shape index (κ1) is 16.2. The molecule has 0 aromatic carbocycles. The molecule has 1 aromatic heterocycles. The lowest BCUT2D eigenvalue weighted by Crippen LogP contribution is -2.31. The third-order valence-corrected chi connectivity index (χ3v) is 3.79. The van der Waals surface area contributed by atoms with Gasteiger partial charge in [-0.3, -0.25) is 4.90 Å². The zero-order valence-corrected chi connectivity index (χ0v) is 12.5. The van der Waals surface area contributed by atoms with Crippen LogP contribution in [0.15, 0.2) is 12.1 Å². The van der Waals surface area contributed by atoms with Gasteiger partial charge in [0.2, 0.25) is 0 Å². The summed E-state index contributed by atoms with van der Waals surface area (Å²) in [5.74, 6) is 6.00. The minimum atomic E-state index is 0.119. The third kappa shape index (κ3) is 6.22. The Labute approximate surface area is 119 Å². The zero-order chi connectivity index (χ0) is 14.1. The first-order valence-electron chi connectivity index (χ1n) is 6.70. The second kappa shape index (κ2) is 9.11. The van der Waals surface area contributed by atoms with Gasteiger partial charge >= 0.3 is 0 Å². The maximum Gasteiger partial charge on any atom is 0.0771 e. The van der Waals surface area contributed by atoms with Crippen LogP contribution in [0.3, 0.4) is 0 Å². The molecular weight excluding hydrogens is 258 g/mol. The first-order chi connectivity index (χ1) is 9.17. The average Bonchev–Trinajstić information content (AvgIpc) is 2.82. The molecule has 0 fully saturated rings. The van der Waals surface area contributed by atoms with Gasteiger partial charge in [-0.15, -0.1) is 11.3 Å². The van der Waals surface area contributed by atoms with Crippen LogP contribution in [0.25, 0.3) is 0 Å². The SMILES string of the molecule is CC(C)N(CCCO)Cc1ccc(C#CCCO)s1. The Morgan fingerprint density at radius 3 is 2.68 bits per heavy atom. The molecule has 2 N–H and O–H groups in total. The largest absolute Gasteiger partial charge is 0.396 e. The summed E-state index contributed by atoms with van der Waals surface area (Å²) in [5, 5.41) is 17.6. The zero-order valence-electron chi connectivity index (χ0n) is 11.7. The fraction of sp³-hybridized carbons (Fsp3) is 0.600. The van der Waals surface area contributed by atoms with E-state index in [4.69, 9.17) is 10.2 Å². The van der Waals surface area contributed by atoms with Gasteiger partial charge in [0.25, 0.3) is 0 Å². The van der Waals surface area contributed by atoms with E-state index < -0.39 is 0 Å². The summed E-state index contributed by atoms with van der Waals surface area (Å²) < 4.78 is 0. The molecule has 0 saturated heterocycles. The predicted octanol–water partition coefficient (Wildman–Crippen LogP) is 2.07.